The van der Waals surface area contributed by atoms with Crippen LogP contribution >= 0.6 is 23.2 Å². The van der Waals surface area contributed by atoms with E-state index in [1.54, 1.807) is 22.9 Å². The van der Waals surface area contributed by atoms with Crippen molar-refractivity contribution in [1.82, 2.24) is 9.36 Å². The lowest BCUT2D eigenvalue weighted by molar-refractivity contribution is 0.563. The zero-order chi connectivity index (χ0) is 15.0. The first-order valence-electron chi connectivity index (χ1n) is 6.34. The molecule has 2 rings (SSSR count). The van der Waals surface area contributed by atoms with E-state index in [0.717, 1.165) is 12.1 Å². The van der Waals surface area contributed by atoms with Crippen molar-refractivity contribution in [3.05, 3.63) is 44.3 Å². The van der Waals surface area contributed by atoms with Crippen LogP contribution in [0.5, 0.6) is 0 Å². The van der Waals surface area contributed by atoms with Crippen molar-refractivity contribution >= 4 is 28.9 Å². The highest BCUT2D eigenvalue weighted by molar-refractivity contribution is 6.42. The Morgan fingerprint density at radius 3 is 2.45 bits per heavy atom. The van der Waals surface area contributed by atoms with Crippen molar-refractivity contribution in [2.45, 2.75) is 20.3 Å². The Bertz CT molecular complexity index is 701. The molecule has 0 saturated heterocycles. The van der Waals surface area contributed by atoms with Crippen LogP contribution in [0.25, 0.3) is 5.69 Å². The maximum atomic E-state index is 12.3. The van der Waals surface area contributed by atoms with Crippen LogP contribution in [0.2, 0.25) is 10.0 Å². The Kier molecular flexibility index (Phi) is 4.16. The molecule has 0 aliphatic carbocycles. The van der Waals surface area contributed by atoms with Gasteiger partial charge in [0.15, 0.2) is 0 Å². The summed E-state index contributed by atoms with van der Waals surface area (Å²) in [6.07, 6.45) is 0.742. The van der Waals surface area contributed by atoms with Crippen molar-refractivity contribution in [1.29, 1.82) is 0 Å². The van der Waals surface area contributed by atoms with Gasteiger partial charge in [0.1, 0.15) is 5.69 Å². The number of nitrogens with two attached hydrogens (primary N) is 1. The fourth-order valence-corrected chi connectivity index (χ4v) is 2.50. The van der Waals surface area contributed by atoms with Crippen molar-refractivity contribution in [2.24, 2.45) is 13.0 Å². The van der Waals surface area contributed by atoms with Crippen molar-refractivity contribution in [3.8, 4) is 5.69 Å². The number of anilines is 1. The predicted molar refractivity (Wildman–Crippen MR) is 84.0 cm³/mol. The van der Waals surface area contributed by atoms with Gasteiger partial charge in [0.2, 0.25) is 0 Å². The van der Waals surface area contributed by atoms with Gasteiger partial charge in [-0.1, -0.05) is 37.0 Å². The van der Waals surface area contributed by atoms with E-state index in [4.69, 9.17) is 28.9 Å². The van der Waals surface area contributed by atoms with Gasteiger partial charge in [-0.2, -0.15) is 0 Å². The van der Waals surface area contributed by atoms with E-state index in [-0.39, 0.29) is 11.2 Å². The normalized spacial score (nSPS) is 11.3. The molecule has 1 aromatic carbocycles. The van der Waals surface area contributed by atoms with Crippen LogP contribution in [0.1, 0.15) is 19.5 Å². The second-order valence-electron chi connectivity index (χ2n) is 5.20. The summed E-state index contributed by atoms with van der Waals surface area (Å²) >= 11 is 11.9. The third kappa shape index (κ3) is 2.58. The maximum Gasteiger partial charge on any atom is 0.294 e. The standard InChI is InChI=1S/C14H17Cl2N3O/c1-8(2)6-12-13(17)14(20)19(18(12)3)9-4-5-10(15)11(16)7-9/h4-5,7-8H,6,17H2,1-3H3. The fourth-order valence-electron chi connectivity index (χ4n) is 2.20. The predicted octanol–water partition coefficient (Wildman–Crippen LogP) is 3.26. The summed E-state index contributed by atoms with van der Waals surface area (Å²) in [4.78, 5) is 12.3. The molecule has 0 atom stereocenters. The van der Waals surface area contributed by atoms with Gasteiger partial charge in [0.25, 0.3) is 5.56 Å². The zero-order valence-electron chi connectivity index (χ0n) is 11.7. The summed E-state index contributed by atoms with van der Waals surface area (Å²) in [7, 11) is 1.82. The molecule has 2 aromatic rings. The second kappa shape index (κ2) is 5.54. The fraction of sp³-hybridized carbons (Fsp3) is 0.357. The lowest BCUT2D eigenvalue weighted by Gasteiger charge is -2.11. The van der Waals surface area contributed by atoms with Gasteiger partial charge in [-0.25, -0.2) is 4.68 Å². The van der Waals surface area contributed by atoms with E-state index in [9.17, 15) is 4.79 Å². The topological polar surface area (TPSA) is 53.0 Å². The first-order chi connectivity index (χ1) is 9.32. The molecule has 20 heavy (non-hydrogen) atoms. The lowest BCUT2D eigenvalue weighted by Crippen LogP contribution is -2.20. The van der Waals surface area contributed by atoms with Gasteiger partial charge in [-0.15, -0.1) is 0 Å². The Hall–Kier alpha value is -1.39. The van der Waals surface area contributed by atoms with E-state index in [2.05, 4.69) is 13.8 Å². The summed E-state index contributed by atoms with van der Waals surface area (Å²) in [5.41, 5.74) is 7.47. The highest BCUT2D eigenvalue weighted by Crippen LogP contribution is 2.25. The van der Waals surface area contributed by atoms with E-state index in [1.165, 1.54) is 4.68 Å². The molecule has 0 bridgehead atoms. The van der Waals surface area contributed by atoms with E-state index in [0.29, 0.717) is 21.7 Å². The average molecular weight is 314 g/mol. The largest absolute Gasteiger partial charge is 0.393 e. The van der Waals surface area contributed by atoms with Gasteiger partial charge in [0.05, 0.1) is 21.4 Å². The van der Waals surface area contributed by atoms with Gasteiger partial charge < -0.3 is 5.73 Å². The number of nitrogen functional groups attached to an aromatic ring is 1. The highest BCUT2D eigenvalue weighted by Gasteiger charge is 2.17. The summed E-state index contributed by atoms with van der Waals surface area (Å²) in [6, 6.07) is 5.06. The summed E-state index contributed by atoms with van der Waals surface area (Å²) < 4.78 is 3.28. The molecular weight excluding hydrogens is 297 g/mol. The quantitative estimate of drug-likeness (QED) is 0.945. The van der Waals surface area contributed by atoms with Crippen LogP contribution in [0.15, 0.2) is 23.0 Å². The number of hydrogen-bond acceptors (Lipinski definition) is 2. The molecule has 0 aliphatic rings. The monoisotopic (exact) mass is 313 g/mol. The smallest absolute Gasteiger partial charge is 0.294 e. The van der Waals surface area contributed by atoms with Gasteiger partial charge >= 0.3 is 0 Å². The van der Waals surface area contributed by atoms with Crippen molar-refractivity contribution < 1.29 is 0 Å². The van der Waals surface area contributed by atoms with Crippen LogP contribution in [-0.4, -0.2) is 9.36 Å². The third-order valence-electron chi connectivity index (χ3n) is 3.17. The molecule has 0 spiro atoms. The molecule has 0 saturated carbocycles. The number of hydrogen-bond donors (Lipinski definition) is 1. The Balaban J connectivity index is 2.63. The minimum Gasteiger partial charge on any atom is -0.393 e. The second-order valence-corrected chi connectivity index (χ2v) is 6.01. The Morgan fingerprint density at radius 2 is 1.90 bits per heavy atom. The molecule has 1 aromatic heterocycles. The summed E-state index contributed by atoms with van der Waals surface area (Å²) in [5.74, 6) is 0.410. The molecular formula is C14H17Cl2N3O. The van der Waals surface area contributed by atoms with Crippen molar-refractivity contribution in [3.63, 3.8) is 0 Å². The molecule has 108 valence electrons. The first-order valence-corrected chi connectivity index (χ1v) is 7.10. The molecule has 0 amide bonds. The molecule has 0 fully saturated rings. The Labute approximate surface area is 127 Å². The minimum atomic E-state index is -0.235. The number of halogens is 2. The van der Waals surface area contributed by atoms with Crippen LogP contribution in [0, 0.1) is 5.92 Å². The minimum absolute atomic E-state index is 0.235. The van der Waals surface area contributed by atoms with Gasteiger partial charge in [-0.05, 0) is 30.5 Å². The van der Waals surface area contributed by atoms with Crippen LogP contribution in [0.4, 0.5) is 5.69 Å². The first kappa shape index (κ1) is 15.0. The molecule has 2 N–H and O–H groups in total. The molecule has 0 radical (unpaired) electrons. The number of nitrogens with zero attached hydrogens (tertiary/aromatic N) is 2. The average Bonchev–Trinajstić information content (AvgIpc) is 2.57. The van der Waals surface area contributed by atoms with Crippen LogP contribution in [-0.2, 0) is 13.5 Å². The number of benzene rings is 1. The zero-order valence-corrected chi connectivity index (χ0v) is 13.2. The molecule has 0 unspecified atom stereocenters. The van der Waals surface area contributed by atoms with E-state index in [1.807, 2.05) is 7.05 Å². The SMILES string of the molecule is CC(C)Cc1c(N)c(=O)n(-c2ccc(Cl)c(Cl)c2)n1C. The van der Waals surface area contributed by atoms with Crippen LogP contribution in [0.3, 0.4) is 0 Å². The number of aromatic nitrogens is 2. The molecule has 4 nitrogen and oxygen atoms in total. The van der Waals surface area contributed by atoms with E-state index >= 15 is 0 Å². The van der Waals surface area contributed by atoms with E-state index < -0.39 is 0 Å². The van der Waals surface area contributed by atoms with Gasteiger partial charge in [0, 0.05) is 7.05 Å². The van der Waals surface area contributed by atoms with Gasteiger partial charge in [-0.3, -0.25) is 9.48 Å². The van der Waals surface area contributed by atoms with Crippen LogP contribution < -0.4 is 11.3 Å². The molecule has 6 heteroatoms. The maximum absolute atomic E-state index is 12.3. The third-order valence-corrected chi connectivity index (χ3v) is 3.91. The number of rotatable bonds is 3. The highest BCUT2D eigenvalue weighted by atomic mass is 35.5. The molecule has 1 heterocycles. The van der Waals surface area contributed by atoms with Crippen molar-refractivity contribution in [2.75, 3.05) is 5.73 Å². The summed E-state index contributed by atoms with van der Waals surface area (Å²) in [5, 5.41) is 0.856. The lowest BCUT2D eigenvalue weighted by atomic mass is 10.1. The Morgan fingerprint density at radius 1 is 1.25 bits per heavy atom. The summed E-state index contributed by atoms with van der Waals surface area (Å²) in [6.45, 7) is 4.17. The molecule has 0 aliphatic heterocycles.